The average molecular weight is 382 g/mol. The van der Waals surface area contributed by atoms with Crippen LogP contribution in [0.15, 0.2) is 27.6 Å². The molecule has 1 aliphatic rings. The van der Waals surface area contributed by atoms with Crippen LogP contribution in [0.3, 0.4) is 0 Å². The van der Waals surface area contributed by atoms with Gasteiger partial charge in [-0.3, -0.25) is 0 Å². The summed E-state index contributed by atoms with van der Waals surface area (Å²) in [6.07, 6.45) is 4.93. The van der Waals surface area contributed by atoms with Crippen molar-refractivity contribution in [3.63, 3.8) is 0 Å². The Bertz CT molecular complexity index is 609. The van der Waals surface area contributed by atoms with E-state index >= 15 is 0 Å². The summed E-state index contributed by atoms with van der Waals surface area (Å²) in [6, 6.07) is 4.23. The molecule has 0 bridgehead atoms. The molecule has 1 aromatic carbocycles. The molecule has 2 rings (SSSR count). The highest BCUT2D eigenvalue weighted by molar-refractivity contribution is 9.10. The van der Waals surface area contributed by atoms with E-state index in [1.165, 1.54) is 24.6 Å². The van der Waals surface area contributed by atoms with E-state index in [2.05, 4.69) is 15.9 Å². The van der Waals surface area contributed by atoms with Gasteiger partial charge in [-0.05, 0) is 59.8 Å². The molecular weight excluding hydrogens is 368 g/mol. The Balaban J connectivity index is 2.18. The van der Waals surface area contributed by atoms with Crippen LogP contribution in [0.25, 0.3) is 0 Å². The number of esters is 1. The Morgan fingerprint density at radius 2 is 1.90 bits per heavy atom. The molecule has 0 heterocycles. The second kappa shape index (κ2) is 6.45. The molecule has 110 valence electrons. The minimum atomic E-state index is -3.91. The van der Waals surface area contributed by atoms with E-state index in [4.69, 9.17) is 15.4 Å². The fourth-order valence-corrected chi connectivity index (χ4v) is 4.34. The smallest absolute Gasteiger partial charge is 0.338 e. The van der Waals surface area contributed by atoms with Gasteiger partial charge in [-0.25, -0.2) is 13.2 Å². The molecule has 0 spiro atoms. The lowest BCUT2D eigenvalue weighted by atomic mass is 9.98. The van der Waals surface area contributed by atoms with Gasteiger partial charge in [0.25, 0.3) is 9.05 Å². The number of hydrogen-bond donors (Lipinski definition) is 0. The molecule has 1 aromatic rings. The third kappa shape index (κ3) is 3.96. The normalized spacial score (nSPS) is 16.9. The third-order valence-electron chi connectivity index (χ3n) is 3.26. The molecule has 0 saturated heterocycles. The van der Waals surface area contributed by atoms with E-state index in [0.717, 1.165) is 25.7 Å². The van der Waals surface area contributed by atoms with Crippen molar-refractivity contribution in [2.24, 2.45) is 0 Å². The summed E-state index contributed by atoms with van der Waals surface area (Å²) in [6.45, 7) is 0. The molecule has 1 saturated carbocycles. The third-order valence-corrected chi connectivity index (χ3v) is 5.57. The zero-order valence-electron chi connectivity index (χ0n) is 10.6. The van der Waals surface area contributed by atoms with Crippen molar-refractivity contribution in [3.8, 4) is 0 Å². The second-order valence-corrected chi connectivity index (χ2v) is 8.14. The lowest BCUT2D eigenvalue weighted by Gasteiger charge is -2.21. The molecule has 7 heteroatoms. The Kier molecular flexibility index (Phi) is 5.09. The van der Waals surface area contributed by atoms with Crippen LogP contribution in [0.5, 0.6) is 0 Å². The summed E-state index contributed by atoms with van der Waals surface area (Å²) >= 11 is 3.10. The summed E-state index contributed by atoms with van der Waals surface area (Å²) < 4.78 is 28.5. The van der Waals surface area contributed by atoms with Crippen molar-refractivity contribution < 1.29 is 17.9 Å². The Morgan fingerprint density at radius 1 is 1.25 bits per heavy atom. The number of carbonyl (C=O) groups excluding carboxylic acids is 1. The minimum absolute atomic E-state index is 0.0732. The number of carbonyl (C=O) groups is 1. The van der Waals surface area contributed by atoms with Crippen LogP contribution in [0, 0.1) is 0 Å². The summed E-state index contributed by atoms with van der Waals surface area (Å²) in [4.78, 5) is 11.9. The highest BCUT2D eigenvalue weighted by Crippen LogP contribution is 2.27. The van der Waals surface area contributed by atoms with Crippen molar-refractivity contribution in [1.29, 1.82) is 0 Å². The SMILES string of the molecule is O=C(OC1CCCCC1)c1ccc(Br)c(S(=O)(=O)Cl)c1. The molecule has 1 fully saturated rings. The maximum absolute atomic E-state index is 12.0. The van der Waals surface area contributed by atoms with Crippen LogP contribution in [0.1, 0.15) is 42.5 Å². The van der Waals surface area contributed by atoms with Gasteiger partial charge in [0.1, 0.15) is 6.10 Å². The molecule has 0 unspecified atom stereocenters. The van der Waals surface area contributed by atoms with Crippen LogP contribution in [-0.2, 0) is 13.8 Å². The van der Waals surface area contributed by atoms with Gasteiger partial charge in [-0.1, -0.05) is 6.42 Å². The van der Waals surface area contributed by atoms with Crippen LogP contribution in [-0.4, -0.2) is 20.5 Å². The summed E-state index contributed by atoms with van der Waals surface area (Å²) in [5.41, 5.74) is 0.193. The lowest BCUT2D eigenvalue weighted by molar-refractivity contribution is 0.0211. The van der Waals surface area contributed by atoms with E-state index in [9.17, 15) is 13.2 Å². The van der Waals surface area contributed by atoms with Crippen molar-refractivity contribution in [1.82, 2.24) is 0 Å². The van der Waals surface area contributed by atoms with Gasteiger partial charge in [-0.2, -0.15) is 0 Å². The highest BCUT2D eigenvalue weighted by Gasteiger charge is 2.21. The monoisotopic (exact) mass is 380 g/mol. The Labute approximate surface area is 131 Å². The Morgan fingerprint density at radius 3 is 2.50 bits per heavy atom. The van der Waals surface area contributed by atoms with E-state index in [0.29, 0.717) is 4.47 Å². The molecule has 0 aromatic heterocycles. The van der Waals surface area contributed by atoms with E-state index in [1.807, 2.05) is 0 Å². The quantitative estimate of drug-likeness (QED) is 0.589. The van der Waals surface area contributed by atoms with Gasteiger partial charge < -0.3 is 4.74 Å². The van der Waals surface area contributed by atoms with Crippen molar-refractivity contribution in [2.45, 2.75) is 43.1 Å². The Hall–Kier alpha value is -0.590. The fourth-order valence-electron chi connectivity index (χ4n) is 2.22. The zero-order chi connectivity index (χ0) is 14.8. The van der Waals surface area contributed by atoms with Gasteiger partial charge in [0.2, 0.25) is 0 Å². The zero-order valence-corrected chi connectivity index (χ0v) is 13.8. The first kappa shape index (κ1) is 15.8. The predicted molar refractivity (Wildman–Crippen MR) is 79.5 cm³/mol. The van der Waals surface area contributed by atoms with Gasteiger partial charge >= 0.3 is 5.97 Å². The van der Waals surface area contributed by atoms with Crippen LogP contribution >= 0.6 is 26.6 Å². The van der Waals surface area contributed by atoms with E-state index < -0.39 is 15.0 Å². The first-order valence-corrected chi connectivity index (χ1v) is 9.43. The molecule has 0 atom stereocenters. The fraction of sp³-hybridized carbons (Fsp3) is 0.462. The second-order valence-electron chi connectivity index (χ2n) is 4.75. The first-order chi connectivity index (χ1) is 9.38. The number of hydrogen-bond acceptors (Lipinski definition) is 4. The van der Waals surface area contributed by atoms with Crippen molar-refractivity contribution in [2.75, 3.05) is 0 Å². The van der Waals surface area contributed by atoms with Crippen molar-refractivity contribution in [3.05, 3.63) is 28.2 Å². The molecule has 0 N–H and O–H groups in total. The molecule has 0 amide bonds. The molecule has 0 aliphatic heterocycles. The lowest BCUT2D eigenvalue weighted by Crippen LogP contribution is -2.21. The number of ether oxygens (including phenoxy) is 1. The summed E-state index contributed by atoms with van der Waals surface area (Å²) in [5, 5.41) is 0. The van der Waals surface area contributed by atoms with E-state index in [-0.39, 0.29) is 16.6 Å². The first-order valence-electron chi connectivity index (χ1n) is 6.33. The minimum Gasteiger partial charge on any atom is -0.459 e. The number of benzene rings is 1. The maximum Gasteiger partial charge on any atom is 0.338 e. The van der Waals surface area contributed by atoms with Gasteiger partial charge in [-0.15, -0.1) is 0 Å². The van der Waals surface area contributed by atoms with E-state index in [1.54, 1.807) is 0 Å². The van der Waals surface area contributed by atoms with Crippen LogP contribution in [0.4, 0.5) is 0 Å². The van der Waals surface area contributed by atoms with Crippen molar-refractivity contribution >= 4 is 41.6 Å². The molecule has 20 heavy (non-hydrogen) atoms. The van der Waals surface area contributed by atoms with Crippen LogP contribution < -0.4 is 0 Å². The molecule has 0 radical (unpaired) electrons. The molecular formula is C13H14BrClO4S. The van der Waals surface area contributed by atoms with Gasteiger partial charge in [0.15, 0.2) is 0 Å². The van der Waals surface area contributed by atoms with Gasteiger partial charge in [0.05, 0.1) is 10.5 Å². The average Bonchev–Trinajstić information content (AvgIpc) is 2.39. The predicted octanol–water partition coefficient (Wildman–Crippen LogP) is 3.87. The number of rotatable bonds is 3. The number of halogens is 2. The summed E-state index contributed by atoms with van der Waals surface area (Å²) in [7, 11) is 1.42. The highest BCUT2D eigenvalue weighted by atomic mass is 79.9. The maximum atomic E-state index is 12.0. The summed E-state index contributed by atoms with van der Waals surface area (Å²) in [5.74, 6) is -0.508. The van der Waals surface area contributed by atoms with Gasteiger partial charge in [0, 0.05) is 15.2 Å². The topological polar surface area (TPSA) is 60.4 Å². The standard InChI is InChI=1S/C13H14BrClO4S/c14-11-7-6-9(8-12(11)20(15,17)18)13(16)19-10-4-2-1-3-5-10/h6-8,10H,1-5H2. The molecule has 4 nitrogen and oxygen atoms in total. The largest absolute Gasteiger partial charge is 0.459 e. The molecule has 1 aliphatic carbocycles. The van der Waals surface area contributed by atoms with Crippen LogP contribution in [0.2, 0.25) is 0 Å².